The van der Waals surface area contributed by atoms with Crippen LogP contribution in [-0.4, -0.2) is 48.1 Å². The Morgan fingerprint density at radius 1 is 1.11 bits per heavy atom. The van der Waals surface area contributed by atoms with Gasteiger partial charge in [-0.1, -0.05) is 0 Å². The lowest BCUT2D eigenvalue weighted by atomic mass is 9.94. The van der Waals surface area contributed by atoms with E-state index in [-0.39, 0.29) is 0 Å². The molecule has 4 heteroatoms. The van der Waals surface area contributed by atoms with Gasteiger partial charge in [-0.05, 0) is 51.6 Å². The van der Waals surface area contributed by atoms with Gasteiger partial charge in [0, 0.05) is 19.6 Å². The molecule has 0 aromatic carbocycles. The van der Waals surface area contributed by atoms with Crippen LogP contribution in [0.4, 0.5) is 5.82 Å². The first kappa shape index (κ1) is 12.9. The molecular formula is C15H24N4. The van der Waals surface area contributed by atoms with E-state index in [1.54, 1.807) is 0 Å². The quantitative estimate of drug-likeness (QED) is 0.831. The molecule has 2 fully saturated rings. The predicted molar refractivity (Wildman–Crippen MR) is 77.4 cm³/mol. The van der Waals surface area contributed by atoms with Crippen LogP contribution in [0, 0.1) is 5.92 Å². The van der Waals surface area contributed by atoms with Gasteiger partial charge in [-0.3, -0.25) is 4.98 Å². The lowest BCUT2D eigenvalue weighted by Gasteiger charge is -2.29. The Kier molecular flexibility index (Phi) is 3.97. The average molecular weight is 260 g/mol. The summed E-state index contributed by atoms with van der Waals surface area (Å²) >= 11 is 0. The van der Waals surface area contributed by atoms with Gasteiger partial charge in [0.05, 0.1) is 18.1 Å². The third-order valence-electron chi connectivity index (χ3n) is 4.34. The molecule has 0 bridgehead atoms. The molecule has 2 aliphatic heterocycles. The van der Waals surface area contributed by atoms with Crippen LogP contribution in [0.15, 0.2) is 12.4 Å². The summed E-state index contributed by atoms with van der Waals surface area (Å²) < 4.78 is 0. The van der Waals surface area contributed by atoms with Crippen molar-refractivity contribution in [3.05, 3.63) is 18.1 Å². The van der Waals surface area contributed by atoms with Crippen molar-refractivity contribution in [1.29, 1.82) is 0 Å². The monoisotopic (exact) mass is 260 g/mol. The topological polar surface area (TPSA) is 32.3 Å². The fourth-order valence-electron chi connectivity index (χ4n) is 3.30. The SMILES string of the molecule is CN1CCCC(Cc2cnc(N3CCCC3)cn2)C1. The summed E-state index contributed by atoms with van der Waals surface area (Å²) in [4.78, 5) is 14.0. The van der Waals surface area contributed by atoms with Gasteiger partial charge in [0.25, 0.3) is 0 Å². The summed E-state index contributed by atoms with van der Waals surface area (Å²) in [5.74, 6) is 1.81. The molecule has 1 atom stereocenters. The molecule has 4 nitrogen and oxygen atoms in total. The van der Waals surface area contributed by atoms with E-state index in [1.165, 1.54) is 38.8 Å². The third kappa shape index (κ3) is 3.24. The van der Waals surface area contributed by atoms with E-state index in [1.807, 2.05) is 12.4 Å². The summed E-state index contributed by atoms with van der Waals surface area (Å²) in [6.45, 7) is 4.73. The predicted octanol–water partition coefficient (Wildman–Crippen LogP) is 1.96. The van der Waals surface area contributed by atoms with Crippen molar-refractivity contribution >= 4 is 5.82 Å². The summed E-state index contributed by atoms with van der Waals surface area (Å²) in [5.41, 5.74) is 1.16. The number of rotatable bonds is 3. The zero-order chi connectivity index (χ0) is 13.1. The van der Waals surface area contributed by atoms with Gasteiger partial charge in [-0.2, -0.15) is 0 Å². The molecule has 104 valence electrons. The maximum Gasteiger partial charge on any atom is 0.147 e. The van der Waals surface area contributed by atoms with Crippen LogP contribution in [0.25, 0.3) is 0 Å². The highest BCUT2D eigenvalue weighted by Crippen LogP contribution is 2.20. The first-order chi connectivity index (χ1) is 9.31. The van der Waals surface area contributed by atoms with Crippen LogP contribution in [-0.2, 0) is 6.42 Å². The lowest BCUT2D eigenvalue weighted by molar-refractivity contribution is 0.208. The smallest absolute Gasteiger partial charge is 0.147 e. The van der Waals surface area contributed by atoms with Gasteiger partial charge < -0.3 is 9.80 Å². The van der Waals surface area contributed by atoms with Gasteiger partial charge >= 0.3 is 0 Å². The molecule has 0 amide bonds. The molecule has 3 rings (SSSR count). The number of nitrogens with zero attached hydrogens (tertiary/aromatic N) is 4. The first-order valence-electron chi connectivity index (χ1n) is 7.55. The highest BCUT2D eigenvalue weighted by Gasteiger charge is 2.19. The minimum Gasteiger partial charge on any atom is -0.355 e. The Morgan fingerprint density at radius 2 is 1.95 bits per heavy atom. The fraction of sp³-hybridized carbons (Fsp3) is 0.733. The average Bonchev–Trinajstić information content (AvgIpc) is 2.94. The van der Waals surface area contributed by atoms with E-state index in [0.717, 1.165) is 36.9 Å². The largest absolute Gasteiger partial charge is 0.355 e. The second-order valence-electron chi connectivity index (χ2n) is 6.03. The van der Waals surface area contributed by atoms with E-state index in [0.29, 0.717) is 0 Å². The molecule has 1 aromatic heterocycles. The summed E-state index contributed by atoms with van der Waals surface area (Å²) in [6.07, 6.45) is 10.3. The normalized spacial score (nSPS) is 24.9. The molecule has 1 aromatic rings. The van der Waals surface area contributed by atoms with E-state index in [2.05, 4.69) is 26.8 Å². The van der Waals surface area contributed by atoms with E-state index in [4.69, 9.17) is 0 Å². The van der Waals surface area contributed by atoms with Crippen molar-refractivity contribution < 1.29 is 0 Å². The Hall–Kier alpha value is -1.16. The highest BCUT2D eigenvalue weighted by atomic mass is 15.2. The Labute approximate surface area is 115 Å². The molecule has 0 spiro atoms. The van der Waals surface area contributed by atoms with Crippen LogP contribution in [0.5, 0.6) is 0 Å². The van der Waals surface area contributed by atoms with Crippen LogP contribution in [0.3, 0.4) is 0 Å². The molecule has 0 radical (unpaired) electrons. The molecule has 0 aliphatic carbocycles. The molecule has 0 N–H and O–H groups in total. The highest BCUT2D eigenvalue weighted by molar-refractivity contribution is 5.36. The minimum absolute atomic E-state index is 0.755. The van der Waals surface area contributed by atoms with Gasteiger partial charge in [0.1, 0.15) is 5.82 Å². The van der Waals surface area contributed by atoms with Crippen molar-refractivity contribution in [3.8, 4) is 0 Å². The van der Waals surface area contributed by atoms with E-state index < -0.39 is 0 Å². The number of aromatic nitrogens is 2. The van der Waals surface area contributed by atoms with Crippen molar-refractivity contribution in [1.82, 2.24) is 14.9 Å². The number of hydrogen-bond acceptors (Lipinski definition) is 4. The molecule has 0 saturated carbocycles. The zero-order valence-corrected chi connectivity index (χ0v) is 11.9. The van der Waals surface area contributed by atoms with Crippen LogP contribution >= 0.6 is 0 Å². The Bertz CT molecular complexity index is 397. The number of hydrogen-bond donors (Lipinski definition) is 0. The molecule has 3 heterocycles. The lowest BCUT2D eigenvalue weighted by Crippen LogP contribution is -2.33. The van der Waals surface area contributed by atoms with Gasteiger partial charge in [-0.15, -0.1) is 0 Å². The molecule has 2 aliphatic rings. The Morgan fingerprint density at radius 3 is 2.63 bits per heavy atom. The molecule has 19 heavy (non-hydrogen) atoms. The summed E-state index contributed by atoms with van der Waals surface area (Å²) in [7, 11) is 2.22. The van der Waals surface area contributed by atoms with Crippen molar-refractivity contribution in [3.63, 3.8) is 0 Å². The van der Waals surface area contributed by atoms with Gasteiger partial charge in [-0.25, -0.2) is 4.98 Å². The van der Waals surface area contributed by atoms with E-state index >= 15 is 0 Å². The van der Waals surface area contributed by atoms with Gasteiger partial charge in [0.15, 0.2) is 0 Å². The number of likely N-dealkylation sites (tertiary alicyclic amines) is 1. The van der Waals surface area contributed by atoms with Crippen LogP contribution in [0.2, 0.25) is 0 Å². The zero-order valence-electron chi connectivity index (χ0n) is 11.9. The third-order valence-corrected chi connectivity index (χ3v) is 4.34. The Balaban J connectivity index is 1.59. The minimum atomic E-state index is 0.755. The van der Waals surface area contributed by atoms with Crippen LogP contribution < -0.4 is 4.90 Å². The molecule has 1 unspecified atom stereocenters. The molecule has 2 saturated heterocycles. The maximum absolute atomic E-state index is 4.62. The van der Waals surface area contributed by atoms with Crippen molar-refractivity contribution in [2.75, 3.05) is 38.1 Å². The second-order valence-corrected chi connectivity index (χ2v) is 6.03. The maximum atomic E-state index is 4.62. The van der Waals surface area contributed by atoms with E-state index in [9.17, 15) is 0 Å². The van der Waals surface area contributed by atoms with Crippen molar-refractivity contribution in [2.45, 2.75) is 32.1 Å². The second kappa shape index (κ2) is 5.87. The summed E-state index contributed by atoms with van der Waals surface area (Å²) in [5, 5.41) is 0. The van der Waals surface area contributed by atoms with Gasteiger partial charge in [0.2, 0.25) is 0 Å². The standard InChI is InChI=1S/C15H24N4/c1-18-6-4-5-13(12-18)9-14-10-17-15(11-16-14)19-7-2-3-8-19/h10-11,13H,2-9,12H2,1H3. The van der Waals surface area contributed by atoms with Crippen molar-refractivity contribution in [2.24, 2.45) is 5.92 Å². The summed E-state index contributed by atoms with van der Waals surface area (Å²) in [6, 6.07) is 0. The first-order valence-corrected chi connectivity index (χ1v) is 7.55. The fourth-order valence-corrected chi connectivity index (χ4v) is 3.30. The molecular weight excluding hydrogens is 236 g/mol. The number of piperidine rings is 1. The number of anilines is 1. The van der Waals surface area contributed by atoms with Crippen LogP contribution in [0.1, 0.15) is 31.4 Å².